The highest BCUT2D eigenvalue weighted by atomic mass is 32.2. The van der Waals surface area contributed by atoms with Crippen molar-refractivity contribution in [2.45, 2.75) is 101 Å². The van der Waals surface area contributed by atoms with Crippen LogP contribution in [0.1, 0.15) is 73.1 Å². The molecule has 8 atom stereocenters. The topological polar surface area (TPSA) is 66.0 Å². The number of ether oxygens (including phenoxy) is 2. The molecular formula is C27H38FNO5S. The minimum atomic E-state index is -0.812. The molecule has 1 aromatic carbocycles. The van der Waals surface area contributed by atoms with Gasteiger partial charge in [0.1, 0.15) is 5.82 Å². The Bertz CT molecular complexity index is 979. The minimum Gasteiger partial charge on any atom is -0.343 e. The summed E-state index contributed by atoms with van der Waals surface area (Å²) in [7, 11) is 0. The van der Waals surface area contributed by atoms with Crippen LogP contribution in [0.5, 0.6) is 0 Å². The quantitative estimate of drug-likeness (QED) is 0.360. The lowest BCUT2D eigenvalue weighted by Gasteiger charge is -2.63. The van der Waals surface area contributed by atoms with Crippen LogP contribution in [-0.2, 0) is 24.0 Å². The van der Waals surface area contributed by atoms with E-state index in [1.54, 1.807) is 12.1 Å². The molecule has 1 unspecified atom stereocenters. The fourth-order valence-electron chi connectivity index (χ4n) is 6.88. The van der Waals surface area contributed by atoms with Crippen LogP contribution >= 0.6 is 11.8 Å². The molecule has 2 bridgehead atoms. The summed E-state index contributed by atoms with van der Waals surface area (Å²) in [6.45, 7) is 10.5. The van der Waals surface area contributed by atoms with Gasteiger partial charge in [-0.3, -0.25) is 4.79 Å². The van der Waals surface area contributed by atoms with E-state index in [1.165, 1.54) is 17.8 Å². The molecule has 1 aromatic rings. The fourth-order valence-corrected chi connectivity index (χ4v) is 7.61. The highest BCUT2D eigenvalue weighted by Gasteiger charge is 2.70. The molecule has 6 rings (SSSR count). The molecule has 4 aliphatic heterocycles. The van der Waals surface area contributed by atoms with Crippen molar-refractivity contribution in [3.63, 3.8) is 0 Å². The van der Waals surface area contributed by atoms with Crippen LogP contribution in [0.15, 0.2) is 23.1 Å². The lowest BCUT2D eigenvalue weighted by atomic mass is 9.55. The van der Waals surface area contributed by atoms with Crippen LogP contribution < -0.4 is 5.32 Å². The minimum absolute atomic E-state index is 0.105. The summed E-state index contributed by atoms with van der Waals surface area (Å²) in [5.41, 5.74) is -0.531. The second-order valence-electron chi connectivity index (χ2n) is 11.3. The van der Waals surface area contributed by atoms with Crippen LogP contribution in [0.2, 0.25) is 0 Å². The van der Waals surface area contributed by atoms with Gasteiger partial charge >= 0.3 is 0 Å². The van der Waals surface area contributed by atoms with Crippen molar-refractivity contribution in [1.29, 1.82) is 0 Å². The van der Waals surface area contributed by atoms with Crippen LogP contribution in [0.3, 0.4) is 0 Å². The van der Waals surface area contributed by atoms with E-state index in [9.17, 15) is 9.18 Å². The molecule has 0 radical (unpaired) electrons. The third-order valence-electron chi connectivity index (χ3n) is 9.08. The van der Waals surface area contributed by atoms with E-state index in [4.69, 9.17) is 19.2 Å². The number of anilines is 1. The van der Waals surface area contributed by atoms with Gasteiger partial charge in [-0.25, -0.2) is 14.2 Å². The average Bonchev–Trinajstić information content (AvgIpc) is 3.04. The first-order valence-electron chi connectivity index (χ1n) is 13.0. The predicted molar refractivity (Wildman–Crippen MR) is 132 cm³/mol. The summed E-state index contributed by atoms with van der Waals surface area (Å²) in [5, 5.41) is 2.94. The Labute approximate surface area is 211 Å². The molecule has 1 aliphatic carbocycles. The normalized spacial score (nSPS) is 42.3. The Kier molecular flexibility index (Phi) is 6.75. The smallest absolute Gasteiger partial charge is 0.224 e. The van der Waals surface area contributed by atoms with Crippen LogP contribution in [-0.4, -0.2) is 34.9 Å². The highest BCUT2D eigenvalue weighted by molar-refractivity contribution is 7.99. The Hall–Kier alpha value is -1.19. The van der Waals surface area contributed by atoms with Crippen molar-refractivity contribution >= 4 is 23.4 Å². The summed E-state index contributed by atoms with van der Waals surface area (Å²) in [4.78, 5) is 25.6. The van der Waals surface area contributed by atoms with E-state index in [0.29, 0.717) is 35.3 Å². The lowest BCUT2D eigenvalue weighted by molar-refractivity contribution is -0.576. The number of hydrogen-bond acceptors (Lipinski definition) is 6. The van der Waals surface area contributed by atoms with E-state index in [2.05, 4.69) is 26.1 Å². The number of carbonyl (C=O) groups excluding carboxylic acids is 1. The molecule has 1 N–H and O–H groups in total. The molecular weight excluding hydrogens is 469 g/mol. The maximum Gasteiger partial charge on any atom is 0.224 e. The first-order valence-corrected chi connectivity index (χ1v) is 14.0. The van der Waals surface area contributed by atoms with E-state index in [-0.39, 0.29) is 23.6 Å². The number of thioether (sulfide) groups is 1. The summed E-state index contributed by atoms with van der Waals surface area (Å²) >= 11 is 1.42. The Morgan fingerprint density at radius 3 is 2.71 bits per heavy atom. The van der Waals surface area contributed by atoms with Gasteiger partial charge in [-0.1, -0.05) is 20.8 Å². The zero-order valence-corrected chi connectivity index (χ0v) is 22.2. The zero-order valence-electron chi connectivity index (χ0n) is 21.4. The molecule has 6 nitrogen and oxygen atoms in total. The number of halogens is 1. The fraction of sp³-hybridized carbons (Fsp3) is 0.741. The lowest BCUT2D eigenvalue weighted by Crippen LogP contribution is -2.72. The van der Waals surface area contributed by atoms with Crippen molar-refractivity contribution < 1.29 is 28.4 Å². The molecule has 1 amide bonds. The van der Waals surface area contributed by atoms with Gasteiger partial charge in [-0.15, -0.1) is 11.8 Å². The SMILES string of the molecule is CCSc1cc(NC(=O)CCC2(C)O[C@@H]3O[C@]4(C)CC[C@H]5[C@H](C)CC[C@@H]([C@H]2C)[C@@]35OO4)ccc1F. The molecule has 8 heteroatoms. The third kappa shape index (κ3) is 4.33. The number of rotatable bonds is 6. The van der Waals surface area contributed by atoms with Gasteiger partial charge in [-0.05, 0) is 81.2 Å². The van der Waals surface area contributed by atoms with Crippen molar-refractivity contribution in [1.82, 2.24) is 0 Å². The van der Waals surface area contributed by atoms with Gasteiger partial charge in [-0.2, -0.15) is 0 Å². The van der Waals surface area contributed by atoms with Gasteiger partial charge in [0.05, 0.1) is 5.60 Å². The predicted octanol–water partition coefficient (Wildman–Crippen LogP) is 6.30. The number of benzene rings is 1. The number of hydrogen-bond donors (Lipinski definition) is 1. The molecule has 0 aromatic heterocycles. The standard InChI is InChI=1S/C27H38FNO5S/c1-6-35-22-15-18(8-10-21(22)28)29-23(30)12-13-25(4)17(3)20-9-7-16(2)19-11-14-26(5)32-24(31-25)27(19,20)34-33-26/h8,10,15-17,19-20,24H,6-7,9,11-14H2,1-5H3,(H,29,30)/t16-,17-,19+,20+,24-,25?,26+,27-/m1/s1. The van der Waals surface area contributed by atoms with E-state index >= 15 is 0 Å². The largest absolute Gasteiger partial charge is 0.343 e. The molecule has 1 saturated carbocycles. The van der Waals surface area contributed by atoms with Crippen LogP contribution in [0.25, 0.3) is 0 Å². The Balaban J connectivity index is 1.32. The van der Waals surface area contributed by atoms with Crippen molar-refractivity contribution in [2.24, 2.45) is 23.7 Å². The van der Waals surface area contributed by atoms with Gasteiger partial charge in [0.15, 0.2) is 11.9 Å². The summed E-state index contributed by atoms with van der Waals surface area (Å²) in [5.74, 6) is 0.801. The second-order valence-corrected chi connectivity index (χ2v) is 12.6. The molecule has 5 fully saturated rings. The summed E-state index contributed by atoms with van der Waals surface area (Å²) in [6, 6.07) is 4.71. The van der Waals surface area contributed by atoms with Crippen LogP contribution in [0.4, 0.5) is 10.1 Å². The maximum atomic E-state index is 14.0. The maximum absolute atomic E-state index is 14.0. The molecule has 1 spiro atoms. The summed E-state index contributed by atoms with van der Waals surface area (Å²) < 4.78 is 27.2. The monoisotopic (exact) mass is 507 g/mol. The molecule has 4 heterocycles. The number of nitrogens with one attached hydrogen (secondary N) is 1. The van der Waals surface area contributed by atoms with E-state index in [1.807, 2.05) is 13.8 Å². The molecule has 194 valence electrons. The van der Waals surface area contributed by atoms with Crippen molar-refractivity contribution in [3.8, 4) is 0 Å². The van der Waals surface area contributed by atoms with Gasteiger partial charge in [0.2, 0.25) is 11.7 Å². The summed E-state index contributed by atoms with van der Waals surface area (Å²) in [6.07, 6.45) is 4.29. The van der Waals surface area contributed by atoms with Crippen molar-refractivity contribution in [3.05, 3.63) is 24.0 Å². The first-order chi connectivity index (χ1) is 16.6. The number of carbonyl (C=O) groups is 1. The van der Waals surface area contributed by atoms with E-state index < -0.39 is 23.3 Å². The first kappa shape index (κ1) is 25.5. The highest BCUT2D eigenvalue weighted by Crippen LogP contribution is 2.62. The average molecular weight is 508 g/mol. The van der Waals surface area contributed by atoms with Gasteiger partial charge < -0.3 is 14.8 Å². The Morgan fingerprint density at radius 1 is 1.14 bits per heavy atom. The number of amides is 1. The van der Waals surface area contributed by atoms with Crippen molar-refractivity contribution in [2.75, 3.05) is 11.1 Å². The molecule has 4 saturated heterocycles. The zero-order chi connectivity index (χ0) is 25.0. The molecule has 35 heavy (non-hydrogen) atoms. The van der Waals surface area contributed by atoms with E-state index in [0.717, 1.165) is 31.4 Å². The van der Waals surface area contributed by atoms with Gasteiger partial charge in [0.25, 0.3) is 0 Å². The molecule has 5 aliphatic rings. The van der Waals surface area contributed by atoms with Gasteiger partial charge in [0, 0.05) is 29.3 Å². The number of fused-ring (bicyclic) bond motifs is 2. The Morgan fingerprint density at radius 2 is 1.94 bits per heavy atom. The van der Waals surface area contributed by atoms with Crippen LogP contribution in [0, 0.1) is 29.5 Å². The third-order valence-corrected chi connectivity index (χ3v) is 9.99. The second kappa shape index (κ2) is 9.28.